The number of rotatable bonds is 4. The molecule has 0 spiro atoms. The van der Waals surface area contributed by atoms with Crippen LogP contribution in [0.2, 0.25) is 5.02 Å². The molecule has 1 N–H and O–H groups in total. The minimum atomic E-state index is -0.114. The molecule has 0 unspecified atom stereocenters. The third kappa shape index (κ3) is 3.92. The maximum Gasteiger partial charge on any atom is 0.234 e. The van der Waals surface area contributed by atoms with Crippen molar-refractivity contribution < 1.29 is 14.3 Å². The zero-order valence-electron chi connectivity index (χ0n) is 12.6. The highest BCUT2D eigenvalue weighted by Crippen LogP contribution is 2.38. The van der Waals surface area contributed by atoms with Gasteiger partial charge in [0.25, 0.3) is 0 Å². The summed E-state index contributed by atoms with van der Waals surface area (Å²) in [4.78, 5) is 13.2. The molecule has 0 saturated heterocycles. The molecule has 6 heteroatoms. The number of ether oxygens (including phenoxy) is 2. The van der Waals surface area contributed by atoms with Gasteiger partial charge in [0.1, 0.15) is 13.2 Å². The van der Waals surface area contributed by atoms with Crippen molar-refractivity contribution in [3.05, 3.63) is 47.0 Å². The van der Waals surface area contributed by atoms with E-state index in [-0.39, 0.29) is 5.91 Å². The first-order valence-electron chi connectivity index (χ1n) is 7.21. The number of hydrogen-bond acceptors (Lipinski definition) is 4. The molecule has 0 fully saturated rings. The Balaban J connectivity index is 1.65. The van der Waals surface area contributed by atoms with Crippen LogP contribution in [0.4, 0.5) is 5.69 Å². The predicted octanol–water partition coefficient (Wildman–Crippen LogP) is 4.15. The van der Waals surface area contributed by atoms with Crippen LogP contribution in [0.3, 0.4) is 0 Å². The Hall–Kier alpha value is -1.85. The first-order chi connectivity index (χ1) is 11.1. The van der Waals surface area contributed by atoms with Crippen LogP contribution in [0.5, 0.6) is 11.5 Å². The summed E-state index contributed by atoms with van der Waals surface area (Å²) in [7, 11) is 0. The Bertz CT molecular complexity index is 736. The van der Waals surface area contributed by atoms with Crippen molar-refractivity contribution in [1.82, 2.24) is 0 Å². The standard InChI is InChI=1S/C17H16ClNO3S/c1-11-4-2-3-5-16(11)23-10-17(20)19-13-9-15-14(8-12(13)18)21-6-7-22-15/h2-5,8-9H,6-7,10H2,1H3,(H,19,20). The van der Waals surface area contributed by atoms with E-state index in [4.69, 9.17) is 21.1 Å². The van der Waals surface area contributed by atoms with Gasteiger partial charge in [-0.3, -0.25) is 4.79 Å². The number of anilines is 1. The van der Waals surface area contributed by atoms with Crippen molar-refractivity contribution in [2.75, 3.05) is 24.3 Å². The Morgan fingerprint density at radius 2 is 1.91 bits per heavy atom. The van der Waals surface area contributed by atoms with Crippen molar-refractivity contribution in [3.63, 3.8) is 0 Å². The topological polar surface area (TPSA) is 47.6 Å². The third-order valence-corrected chi connectivity index (χ3v) is 4.85. The SMILES string of the molecule is Cc1ccccc1SCC(=O)Nc1cc2c(cc1Cl)OCCO2. The predicted molar refractivity (Wildman–Crippen MR) is 93.0 cm³/mol. The molecular formula is C17H16ClNO3S. The smallest absolute Gasteiger partial charge is 0.234 e. The van der Waals surface area contributed by atoms with Crippen LogP contribution in [0.25, 0.3) is 0 Å². The highest BCUT2D eigenvalue weighted by molar-refractivity contribution is 8.00. The normalized spacial score (nSPS) is 12.8. The van der Waals surface area contributed by atoms with E-state index in [1.807, 2.05) is 31.2 Å². The number of benzene rings is 2. The molecule has 1 aliphatic rings. The van der Waals surface area contributed by atoms with E-state index in [0.717, 1.165) is 10.5 Å². The summed E-state index contributed by atoms with van der Waals surface area (Å²) < 4.78 is 11.0. The van der Waals surface area contributed by atoms with Crippen molar-refractivity contribution >= 4 is 35.0 Å². The van der Waals surface area contributed by atoms with Crippen LogP contribution in [0, 0.1) is 6.92 Å². The Morgan fingerprint density at radius 1 is 1.22 bits per heavy atom. The van der Waals surface area contributed by atoms with Gasteiger partial charge >= 0.3 is 0 Å². The van der Waals surface area contributed by atoms with E-state index in [1.165, 1.54) is 11.8 Å². The molecule has 3 rings (SSSR count). The molecule has 1 aliphatic heterocycles. The van der Waals surface area contributed by atoms with Crippen LogP contribution >= 0.6 is 23.4 Å². The lowest BCUT2D eigenvalue weighted by Gasteiger charge is -2.20. The molecular weight excluding hydrogens is 334 g/mol. The molecule has 1 amide bonds. The monoisotopic (exact) mass is 349 g/mol. The van der Waals surface area contributed by atoms with Gasteiger partial charge < -0.3 is 14.8 Å². The van der Waals surface area contributed by atoms with Crippen molar-refractivity contribution in [1.29, 1.82) is 0 Å². The van der Waals surface area contributed by atoms with E-state index in [1.54, 1.807) is 12.1 Å². The van der Waals surface area contributed by atoms with Crippen molar-refractivity contribution in [3.8, 4) is 11.5 Å². The summed E-state index contributed by atoms with van der Waals surface area (Å²) in [6.07, 6.45) is 0. The lowest BCUT2D eigenvalue weighted by atomic mass is 10.2. The van der Waals surface area contributed by atoms with E-state index in [9.17, 15) is 4.79 Å². The van der Waals surface area contributed by atoms with E-state index < -0.39 is 0 Å². The fourth-order valence-corrected chi connectivity index (χ4v) is 3.24. The van der Waals surface area contributed by atoms with Crippen LogP contribution in [-0.4, -0.2) is 24.9 Å². The maximum atomic E-state index is 12.2. The number of hydrogen-bond donors (Lipinski definition) is 1. The number of aryl methyl sites for hydroxylation is 1. The second kappa shape index (κ2) is 7.15. The molecule has 0 aromatic heterocycles. The van der Waals surface area contributed by atoms with Gasteiger partial charge in [0.15, 0.2) is 11.5 Å². The molecule has 0 saturated carbocycles. The lowest BCUT2D eigenvalue weighted by molar-refractivity contribution is -0.113. The van der Waals surface area contributed by atoms with Crippen LogP contribution in [-0.2, 0) is 4.79 Å². The second-order valence-electron chi connectivity index (χ2n) is 5.08. The van der Waals surface area contributed by atoms with Gasteiger partial charge in [0, 0.05) is 17.0 Å². The molecule has 0 atom stereocenters. The minimum absolute atomic E-state index is 0.114. The largest absolute Gasteiger partial charge is 0.486 e. The Labute approximate surface area is 144 Å². The number of carbonyl (C=O) groups excluding carboxylic acids is 1. The summed E-state index contributed by atoms with van der Waals surface area (Å²) >= 11 is 7.69. The first-order valence-corrected chi connectivity index (χ1v) is 8.57. The quantitative estimate of drug-likeness (QED) is 0.842. The van der Waals surface area contributed by atoms with Crippen LogP contribution in [0.1, 0.15) is 5.56 Å². The van der Waals surface area contributed by atoms with Gasteiger partial charge in [-0.15, -0.1) is 11.8 Å². The number of thioether (sulfide) groups is 1. The highest BCUT2D eigenvalue weighted by atomic mass is 35.5. The molecule has 1 heterocycles. The Morgan fingerprint density at radius 3 is 2.65 bits per heavy atom. The lowest BCUT2D eigenvalue weighted by Crippen LogP contribution is -2.17. The molecule has 2 aromatic carbocycles. The minimum Gasteiger partial charge on any atom is -0.486 e. The molecule has 0 aliphatic carbocycles. The maximum absolute atomic E-state index is 12.2. The van der Waals surface area contributed by atoms with Gasteiger partial charge in [0.2, 0.25) is 5.91 Å². The highest BCUT2D eigenvalue weighted by Gasteiger charge is 2.16. The van der Waals surface area contributed by atoms with Crippen molar-refractivity contribution in [2.24, 2.45) is 0 Å². The Kier molecular flexibility index (Phi) is 4.98. The summed E-state index contributed by atoms with van der Waals surface area (Å²) in [5.74, 6) is 1.41. The number of amides is 1. The van der Waals surface area contributed by atoms with Crippen molar-refractivity contribution in [2.45, 2.75) is 11.8 Å². The molecule has 23 heavy (non-hydrogen) atoms. The van der Waals surface area contributed by atoms with Gasteiger partial charge in [-0.25, -0.2) is 0 Å². The van der Waals surface area contributed by atoms with Crippen LogP contribution in [0.15, 0.2) is 41.3 Å². The summed E-state index contributed by atoms with van der Waals surface area (Å²) in [6, 6.07) is 11.3. The zero-order chi connectivity index (χ0) is 16.2. The van der Waals surface area contributed by atoms with Gasteiger partial charge in [-0.2, -0.15) is 0 Å². The van der Waals surface area contributed by atoms with E-state index >= 15 is 0 Å². The molecule has 0 radical (unpaired) electrons. The van der Waals surface area contributed by atoms with Gasteiger partial charge in [0.05, 0.1) is 16.5 Å². The number of carbonyl (C=O) groups is 1. The molecule has 0 bridgehead atoms. The summed E-state index contributed by atoms with van der Waals surface area (Å²) in [5, 5.41) is 3.26. The zero-order valence-corrected chi connectivity index (χ0v) is 14.2. The second-order valence-corrected chi connectivity index (χ2v) is 6.50. The summed E-state index contributed by atoms with van der Waals surface area (Å²) in [5.41, 5.74) is 1.69. The number of nitrogens with one attached hydrogen (secondary N) is 1. The van der Waals surface area contributed by atoms with E-state index in [0.29, 0.717) is 41.2 Å². The number of halogens is 1. The average Bonchev–Trinajstić information content (AvgIpc) is 2.55. The summed E-state index contributed by atoms with van der Waals surface area (Å²) in [6.45, 7) is 3.02. The van der Waals surface area contributed by atoms with Crippen LogP contribution < -0.4 is 14.8 Å². The fourth-order valence-electron chi connectivity index (χ4n) is 2.21. The third-order valence-electron chi connectivity index (χ3n) is 3.36. The number of fused-ring (bicyclic) bond motifs is 1. The molecule has 2 aromatic rings. The average molecular weight is 350 g/mol. The fraction of sp³-hybridized carbons (Fsp3) is 0.235. The van der Waals surface area contributed by atoms with Gasteiger partial charge in [-0.1, -0.05) is 29.8 Å². The van der Waals surface area contributed by atoms with Gasteiger partial charge in [-0.05, 0) is 18.6 Å². The first kappa shape index (κ1) is 16.0. The molecule has 4 nitrogen and oxygen atoms in total. The van der Waals surface area contributed by atoms with E-state index in [2.05, 4.69) is 5.32 Å². The molecule has 120 valence electrons.